The Morgan fingerprint density at radius 3 is 2.71 bits per heavy atom. The van der Waals surface area contributed by atoms with Crippen LogP contribution in [0.5, 0.6) is 0 Å². The van der Waals surface area contributed by atoms with Crippen LogP contribution in [0.4, 0.5) is 0 Å². The molecule has 0 radical (unpaired) electrons. The number of carbonyl (C=O) groups is 1. The van der Waals surface area contributed by atoms with Gasteiger partial charge >= 0.3 is 5.97 Å². The van der Waals surface area contributed by atoms with Gasteiger partial charge in [0, 0.05) is 7.05 Å². The van der Waals surface area contributed by atoms with Crippen molar-refractivity contribution in [3.8, 4) is 0 Å². The predicted molar refractivity (Wildman–Crippen MR) is 66.8 cm³/mol. The van der Waals surface area contributed by atoms with Crippen molar-refractivity contribution in [2.75, 3.05) is 6.61 Å². The van der Waals surface area contributed by atoms with Crippen molar-refractivity contribution in [1.29, 1.82) is 0 Å². The Hall–Kier alpha value is -0.880. The average Bonchev–Trinajstić information content (AvgIpc) is 2.51. The van der Waals surface area contributed by atoms with Crippen LogP contribution in [0.25, 0.3) is 0 Å². The topological polar surface area (TPSA) is 53.4 Å². The zero-order valence-corrected chi connectivity index (χ0v) is 12.1. The van der Waals surface area contributed by atoms with Gasteiger partial charge in [0.05, 0.1) is 23.8 Å². The van der Waals surface area contributed by atoms with Crippen molar-refractivity contribution in [2.45, 2.75) is 33.5 Å². The summed E-state index contributed by atoms with van der Waals surface area (Å²) in [5.41, 5.74) is 1.11. The van der Waals surface area contributed by atoms with Gasteiger partial charge in [-0.3, -0.25) is 4.68 Å². The smallest absolute Gasteiger partial charge is 0.357 e. The quantitative estimate of drug-likeness (QED) is 0.783. The van der Waals surface area contributed by atoms with Gasteiger partial charge in [0.2, 0.25) is 0 Å². The lowest BCUT2D eigenvalue weighted by atomic mass is 10.3. The molecule has 5 nitrogen and oxygen atoms in total. The van der Waals surface area contributed by atoms with Crippen molar-refractivity contribution < 1.29 is 14.3 Å². The maximum Gasteiger partial charge on any atom is 0.357 e. The number of esters is 1. The highest BCUT2D eigenvalue weighted by Gasteiger charge is 2.21. The van der Waals surface area contributed by atoms with Gasteiger partial charge in [-0.25, -0.2) is 4.79 Å². The van der Waals surface area contributed by atoms with E-state index in [9.17, 15) is 4.79 Å². The van der Waals surface area contributed by atoms with Gasteiger partial charge in [-0.2, -0.15) is 5.10 Å². The fourth-order valence-corrected chi connectivity index (χ4v) is 1.92. The van der Waals surface area contributed by atoms with Gasteiger partial charge in [0.1, 0.15) is 5.69 Å². The van der Waals surface area contributed by atoms with E-state index in [0.717, 1.165) is 0 Å². The SMILES string of the molecule is CCOC(=O)c1c(Br)c(COC(C)C)nn1C. The Balaban J connectivity index is 2.89. The molecule has 0 bridgehead atoms. The van der Waals surface area contributed by atoms with Crippen LogP contribution < -0.4 is 0 Å². The van der Waals surface area contributed by atoms with Gasteiger partial charge < -0.3 is 9.47 Å². The first-order valence-corrected chi connectivity index (χ1v) is 6.26. The van der Waals surface area contributed by atoms with Crippen molar-refractivity contribution in [3.63, 3.8) is 0 Å². The molecule has 0 aliphatic heterocycles. The molecule has 0 saturated carbocycles. The minimum Gasteiger partial charge on any atom is -0.461 e. The first-order chi connectivity index (χ1) is 7.97. The van der Waals surface area contributed by atoms with Crippen LogP contribution in [0.2, 0.25) is 0 Å². The molecule has 0 fully saturated rings. The van der Waals surface area contributed by atoms with E-state index in [0.29, 0.717) is 29.1 Å². The molecule has 1 aromatic rings. The van der Waals surface area contributed by atoms with Crippen LogP contribution in [-0.4, -0.2) is 28.5 Å². The first-order valence-electron chi connectivity index (χ1n) is 5.47. The summed E-state index contributed by atoms with van der Waals surface area (Å²) in [4.78, 5) is 11.7. The highest BCUT2D eigenvalue weighted by molar-refractivity contribution is 9.10. The molecular formula is C11H17BrN2O3. The van der Waals surface area contributed by atoms with E-state index in [2.05, 4.69) is 21.0 Å². The van der Waals surface area contributed by atoms with Crippen LogP contribution in [0, 0.1) is 0 Å². The molecular weight excluding hydrogens is 288 g/mol. The number of nitrogens with zero attached hydrogens (tertiary/aromatic N) is 2. The molecule has 0 N–H and O–H groups in total. The second-order valence-corrected chi connectivity index (χ2v) is 4.61. The van der Waals surface area contributed by atoms with E-state index in [-0.39, 0.29) is 12.1 Å². The molecule has 0 unspecified atom stereocenters. The molecule has 0 saturated heterocycles. The summed E-state index contributed by atoms with van der Waals surface area (Å²) >= 11 is 3.36. The second kappa shape index (κ2) is 6.16. The predicted octanol–water partition coefficient (Wildman–Crippen LogP) is 2.28. The Kier molecular flexibility index (Phi) is 5.14. The zero-order valence-electron chi connectivity index (χ0n) is 10.5. The van der Waals surface area contributed by atoms with E-state index in [4.69, 9.17) is 9.47 Å². The summed E-state index contributed by atoms with van der Waals surface area (Å²) in [7, 11) is 1.70. The Morgan fingerprint density at radius 1 is 1.53 bits per heavy atom. The third-order valence-corrected chi connectivity index (χ3v) is 2.91. The van der Waals surface area contributed by atoms with Gasteiger partial charge in [-0.15, -0.1) is 0 Å². The van der Waals surface area contributed by atoms with E-state index < -0.39 is 0 Å². The summed E-state index contributed by atoms with van der Waals surface area (Å²) < 4.78 is 12.6. The van der Waals surface area contributed by atoms with E-state index in [1.165, 1.54) is 4.68 Å². The van der Waals surface area contributed by atoms with Crippen LogP contribution >= 0.6 is 15.9 Å². The molecule has 96 valence electrons. The minimum atomic E-state index is -0.384. The summed E-state index contributed by atoms with van der Waals surface area (Å²) in [6.07, 6.45) is 0.120. The maximum atomic E-state index is 11.7. The number of aryl methyl sites for hydroxylation is 1. The number of aromatic nitrogens is 2. The first kappa shape index (κ1) is 14.2. The highest BCUT2D eigenvalue weighted by atomic mass is 79.9. The van der Waals surface area contributed by atoms with Crippen molar-refractivity contribution in [2.24, 2.45) is 7.05 Å². The molecule has 0 amide bonds. The Bertz CT molecular complexity index is 402. The number of carbonyl (C=O) groups excluding carboxylic acids is 1. The van der Waals surface area contributed by atoms with E-state index >= 15 is 0 Å². The number of halogens is 1. The zero-order chi connectivity index (χ0) is 13.0. The summed E-state index contributed by atoms with van der Waals surface area (Å²) in [6, 6.07) is 0. The standard InChI is InChI=1S/C11H17BrN2O3/c1-5-16-11(15)10-9(12)8(13-14(10)4)6-17-7(2)3/h7H,5-6H2,1-4H3. The van der Waals surface area contributed by atoms with Crippen molar-refractivity contribution in [3.05, 3.63) is 15.9 Å². The van der Waals surface area contributed by atoms with E-state index in [1.54, 1.807) is 14.0 Å². The highest BCUT2D eigenvalue weighted by Crippen LogP contribution is 2.22. The molecule has 0 aliphatic carbocycles. The van der Waals surface area contributed by atoms with Crippen molar-refractivity contribution in [1.82, 2.24) is 9.78 Å². The van der Waals surface area contributed by atoms with Crippen molar-refractivity contribution >= 4 is 21.9 Å². The van der Waals surface area contributed by atoms with Gasteiger partial charge in [0.15, 0.2) is 5.69 Å². The van der Waals surface area contributed by atoms with Crippen LogP contribution in [-0.2, 0) is 23.1 Å². The number of hydrogen-bond acceptors (Lipinski definition) is 4. The largest absolute Gasteiger partial charge is 0.461 e. The number of ether oxygens (including phenoxy) is 2. The molecule has 17 heavy (non-hydrogen) atoms. The molecule has 0 aromatic carbocycles. The van der Waals surface area contributed by atoms with Crippen LogP contribution in [0.1, 0.15) is 37.0 Å². The van der Waals surface area contributed by atoms with Gasteiger partial charge in [-0.1, -0.05) is 0 Å². The Morgan fingerprint density at radius 2 is 2.18 bits per heavy atom. The Labute approximate surface area is 109 Å². The molecule has 0 atom stereocenters. The molecule has 1 heterocycles. The number of hydrogen-bond donors (Lipinski definition) is 0. The van der Waals surface area contributed by atoms with E-state index in [1.807, 2.05) is 13.8 Å². The van der Waals surface area contributed by atoms with Crippen LogP contribution in [0.3, 0.4) is 0 Å². The molecule has 6 heteroatoms. The van der Waals surface area contributed by atoms with Gasteiger partial charge in [0.25, 0.3) is 0 Å². The molecule has 0 spiro atoms. The lowest BCUT2D eigenvalue weighted by Gasteiger charge is -2.05. The molecule has 0 aliphatic rings. The summed E-state index contributed by atoms with van der Waals surface area (Å²) in [5.74, 6) is -0.384. The molecule has 1 aromatic heterocycles. The summed E-state index contributed by atoms with van der Waals surface area (Å²) in [6.45, 7) is 6.37. The normalized spacial score (nSPS) is 10.9. The summed E-state index contributed by atoms with van der Waals surface area (Å²) in [5, 5.41) is 4.23. The lowest BCUT2D eigenvalue weighted by molar-refractivity contribution is 0.0512. The fourth-order valence-electron chi connectivity index (χ4n) is 1.31. The molecule has 1 rings (SSSR count). The third kappa shape index (κ3) is 3.54. The number of rotatable bonds is 5. The third-order valence-electron chi connectivity index (χ3n) is 2.08. The van der Waals surface area contributed by atoms with Gasteiger partial charge in [-0.05, 0) is 36.7 Å². The fraction of sp³-hybridized carbons (Fsp3) is 0.636. The van der Waals surface area contributed by atoms with Crippen LogP contribution in [0.15, 0.2) is 4.47 Å². The maximum absolute atomic E-state index is 11.7. The minimum absolute atomic E-state index is 0.120. The second-order valence-electron chi connectivity index (χ2n) is 3.81. The lowest BCUT2D eigenvalue weighted by Crippen LogP contribution is -2.10. The monoisotopic (exact) mass is 304 g/mol. The average molecular weight is 305 g/mol.